The van der Waals surface area contributed by atoms with Gasteiger partial charge in [0.05, 0.1) is 13.0 Å². The lowest BCUT2D eigenvalue weighted by molar-refractivity contribution is -0.138. The van der Waals surface area contributed by atoms with Gasteiger partial charge >= 0.3 is 5.97 Å². The van der Waals surface area contributed by atoms with Crippen LogP contribution < -0.4 is 10.1 Å². The number of carboxylic acids is 1. The zero-order valence-electron chi connectivity index (χ0n) is 14.0. The number of hydrogen-bond donors (Lipinski definition) is 2. The average molecular weight is 339 g/mol. The lowest BCUT2D eigenvalue weighted by Gasteiger charge is -2.14. The molecule has 1 aliphatic carbocycles. The Morgan fingerprint density at radius 3 is 2.64 bits per heavy atom. The third kappa shape index (κ3) is 3.99. The van der Waals surface area contributed by atoms with Crippen LogP contribution in [0.15, 0.2) is 54.6 Å². The molecule has 0 saturated heterocycles. The van der Waals surface area contributed by atoms with Crippen LogP contribution in [0, 0.1) is 5.92 Å². The van der Waals surface area contributed by atoms with Gasteiger partial charge in [-0.3, -0.25) is 9.59 Å². The Hall–Kier alpha value is -2.82. The highest BCUT2D eigenvalue weighted by molar-refractivity contribution is 5.84. The van der Waals surface area contributed by atoms with Crippen LogP contribution in [-0.4, -0.2) is 30.6 Å². The third-order valence-electron chi connectivity index (χ3n) is 4.63. The second-order valence-corrected chi connectivity index (χ2v) is 6.27. The maximum atomic E-state index is 12.4. The molecular weight excluding hydrogens is 318 g/mol. The lowest BCUT2D eigenvalue weighted by atomic mass is 9.99. The van der Waals surface area contributed by atoms with Gasteiger partial charge in [0.2, 0.25) is 5.91 Å². The van der Waals surface area contributed by atoms with Crippen LogP contribution in [0.3, 0.4) is 0 Å². The summed E-state index contributed by atoms with van der Waals surface area (Å²) < 4.78 is 5.22. The number of ether oxygens (including phenoxy) is 1. The molecule has 0 radical (unpaired) electrons. The number of aliphatic carboxylic acids is 1. The number of carbonyl (C=O) groups excluding carboxylic acids is 1. The van der Waals surface area contributed by atoms with Crippen molar-refractivity contribution in [3.8, 4) is 5.75 Å². The lowest BCUT2D eigenvalue weighted by Crippen LogP contribution is -2.32. The second-order valence-electron chi connectivity index (χ2n) is 6.27. The van der Waals surface area contributed by atoms with Gasteiger partial charge in [-0.15, -0.1) is 0 Å². The van der Waals surface area contributed by atoms with E-state index in [1.807, 2.05) is 30.3 Å². The van der Waals surface area contributed by atoms with E-state index in [2.05, 4.69) is 5.32 Å². The summed E-state index contributed by atoms with van der Waals surface area (Å²) in [6.07, 6.45) is 0.780. The van der Waals surface area contributed by atoms with Gasteiger partial charge in [-0.2, -0.15) is 0 Å². The minimum atomic E-state index is -0.938. The van der Waals surface area contributed by atoms with Gasteiger partial charge < -0.3 is 15.2 Å². The number of carboxylic acid groups (broad SMARTS) is 1. The zero-order valence-corrected chi connectivity index (χ0v) is 14.0. The molecule has 1 fully saturated rings. The van der Waals surface area contributed by atoms with E-state index in [1.165, 1.54) is 0 Å². The van der Waals surface area contributed by atoms with Crippen molar-refractivity contribution in [2.24, 2.45) is 5.92 Å². The number of hydrogen-bond acceptors (Lipinski definition) is 3. The van der Waals surface area contributed by atoms with Gasteiger partial charge in [-0.05, 0) is 35.6 Å². The molecule has 1 aliphatic rings. The quantitative estimate of drug-likeness (QED) is 0.813. The van der Waals surface area contributed by atoms with E-state index in [9.17, 15) is 14.7 Å². The van der Waals surface area contributed by atoms with E-state index >= 15 is 0 Å². The van der Waals surface area contributed by atoms with Crippen LogP contribution in [0.2, 0.25) is 0 Å². The van der Waals surface area contributed by atoms with E-state index in [-0.39, 0.29) is 24.3 Å². The molecule has 130 valence electrons. The van der Waals surface area contributed by atoms with Crippen LogP contribution in [0.25, 0.3) is 0 Å². The molecule has 1 saturated carbocycles. The van der Waals surface area contributed by atoms with Gasteiger partial charge in [0.1, 0.15) is 5.75 Å². The van der Waals surface area contributed by atoms with Gasteiger partial charge in [-0.1, -0.05) is 42.5 Å². The van der Waals surface area contributed by atoms with Crippen molar-refractivity contribution in [2.75, 3.05) is 13.7 Å². The average Bonchev–Trinajstić information content (AvgIpc) is 3.43. The Balaban J connectivity index is 1.59. The van der Waals surface area contributed by atoms with E-state index in [4.69, 9.17) is 4.74 Å². The van der Waals surface area contributed by atoms with Crippen molar-refractivity contribution in [2.45, 2.75) is 18.3 Å². The standard InChI is InChI=1S/C20H21NO4/c1-25-15-9-5-8-14(10-15)16-11-17(16)19(22)21-12-18(20(23)24)13-6-3-2-4-7-13/h2-10,16-18H,11-12H2,1H3,(H,21,22)(H,23,24). The van der Waals surface area contributed by atoms with Gasteiger partial charge in [0.25, 0.3) is 0 Å². The number of nitrogens with one attached hydrogen (secondary N) is 1. The van der Waals surface area contributed by atoms with Crippen LogP contribution >= 0.6 is 0 Å². The fourth-order valence-corrected chi connectivity index (χ4v) is 3.09. The van der Waals surface area contributed by atoms with Crippen molar-refractivity contribution in [3.63, 3.8) is 0 Å². The molecular formula is C20H21NO4. The fraction of sp³-hybridized carbons (Fsp3) is 0.300. The van der Waals surface area contributed by atoms with E-state index in [0.29, 0.717) is 5.56 Å². The molecule has 25 heavy (non-hydrogen) atoms. The predicted molar refractivity (Wildman–Crippen MR) is 93.7 cm³/mol. The smallest absolute Gasteiger partial charge is 0.312 e. The SMILES string of the molecule is COc1cccc(C2CC2C(=O)NCC(C(=O)O)c2ccccc2)c1. The summed E-state index contributed by atoms with van der Waals surface area (Å²) in [5.74, 6) is -0.910. The summed E-state index contributed by atoms with van der Waals surface area (Å²) in [7, 11) is 1.62. The maximum Gasteiger partial charge on any atom is 0.312 e. The highest BCUT2D eigenvalue weighted by atomic mass is 16.5. The first-order valence-electron chi connectivity index (χ1n) is 8.29. The monoisotopic (exact) mass is 339 g/mol. The van der Waals surface area contributed by atoms with Gasteiger partial charge in [0.15, 0.2) is 0 Å². The minimum Gasteiger partial charge on any atom is -0.497 e. The molecule has 3 unspecified atom stereocenters. The fourth-order valence-electron chi connectivity index (χ4n) is 3.09. The number of carbonyl (C=O) groups is 2. The number of methoxy groups -OCH3 is 1. The molecule has 0 spiro atoms. The summed E-state index contributed by atoms with van der Waals surface area (Å²) in [5, 5.41) is 12.2. The number of amides is 1. The van der Waals surface area contributed by atoms with Gasteiger partial charge in [-0.25, -0.2) is 0 Å². The Morgan fingerprint density at radius 1 is 1.20 bits per heavy atom. The Morgan fingerprint density at radius 2 is 1.96 bits per heavy atom. The third-order valence-corrected chi connectivity index (χ3v) is 4.63. The first-order valence-corrected chi connectivity index (χ1v) is 8.29. The highest BCUT2D eigenvalue weighted by Crippen LogP contribution is 2.48. The highest BCUT2D eigenvalue weighted by Gasteiger charge is 2.44. The summed E-state index contributed by atoms with van der Waals surface area (Å²) in [5.41, 5.74) is 1.77. The van der Waals surface area contributed by atoms with E-state index in [0.717, 1.165) is 17.7 Å². The molecule has 5 nitrogen and oxygen atoms in total. The van der Waals surface area contributed by atoms with E-state index in [1.54, 1.807) is 31.4 Å². The van der Waals surface area contributed by atoms with Crippen LogP contribution in [0.1, 0.15) is 29.4 Å². The topological polar surface area (TPSA) is 75.6 Å². The predicted octanol–water partition coefficient (Wildman–Crippen LogP) is 2.78. The van der Waals surface area contributed by atoms with Crippen molar-refractivity contribution in [3.05, 3.63) is 65.7 Å². The number of rotatable bonds is 7. The minimum absolute atomic E-state index is 0.0880. The molecule has 3 atom stereocenters. The Labute approximate surface area is 146 Å². The van der Waals surface area contributed by atoms with Gasteiger partial charge in [0, 0.05) is 12.5 Å². The molecule has 2 aromatic carbocycles. The van der Waals surface area contributed by atoms with Crippen LogP contribution in [-0.2, 0) is 9.59 Å². The molecule has 0 aliphatic heterocycles. The Kier molecular flexibility index (Phi) is 5.03. The maximum absolute atomic E-state index is 12.4. The van der Waals surface area contributed by atoms with Crippen LogP contribution in [0.4, 0.5) is 0 Å². The first kappa shape index (κ1) is 17.0. The van der Waals surface area contributed by atoms with E-state index < -0.39 is 11.9 Å². The van der Waals surface area contributed by atoms with Crippen molar-refractivity contribution in [1.82, 2.24) is 5.32 Å². The number of benzene rings is 2. The molecule has 3 rings (SSSR count). The summed E-state index contributed by atoms with van der Waals surface area (Å²) in [6, 6.07) is 16.7. The zero-order chi connectivity index (χ0) is 17.8. The molecule has 0 bridgehead atoms. The second kappa shape index (κ2) is 7.38. The van der Waals surface area contributed by atoms with Crippen LogP contribution in [0.5, 0.6) is 5.75 Å². The van der Waals surface area contributed by atoms with Crippen molar-refractivity contribution in [1.29, 1.82) is 0 Å². The summed E-state index contributed by atoms with van der Waals surface area (Å²) in [4.78, 5) is 23.9. The Bertz CT molecular complexity index is 759. The van der Waals surface area contributed by atoms with Crippen molar-refractivity contribution >= 4 is 11.9 Å². The first-order chi connectivity index (χ1) is 12.1. The molecule has 2 aromatic rings. The molecule has 5 heteroatoms. The largest absolute Gasteiger partial charge is 0.497 e. The molecule has 2 N–H and O–H groups in total. The summed E-state index contributed by atoms with van der Waals surface area (Å²) >= 11 is 0. The summed E-state index contributed by atoms with van der Waals surface area (Å²) in [6.45, 7) is 0.0967. The van der Waals surface area contributed by atoms with Crippen molar-refractivity contribution < 1.29 is 19.4 Å². The molecule has 0 aromatic heterocycles. The molecule has 1 amide bonds. The molecule has 0 heterocycles. The normalized spacial score (nSPS) is 19.7.